The van der Waals surface area contributed by atoms with Crippen LogP contribution in [-0.2, 0) is 0 Å². The molecule has 1 aliphatic carbocycles. The van der Waals surface area contributed by atoms with Gasteiger partial charge in [-0.05, 0) is 53.3 Å². The summed E-state index contributed by atoms with van der Waals surface area (Å²) >= 11 is 3.76. The zero-order valence-corrected chi connectivity index (χ0v) is 14.4. The Morgan fingerprint density at radius 3 is 2.27 bits per heavy atom. The van der Waals surface area contributed by atoms with E-state index >= 15 is 0 Å². The van der Waals surface area contributed by atoms with Crippen molar-refractivity contribution in [3.05, 3.63) is 76.4 Å². The standard InChI is InChI=1S/C20H20BrN/c1-2-14(11-12-22)20-16-8-4-3-7-15(16)13-19(21)17-9-5-6-10-18(17)20/h3-10,13H,2,11-12,22H2,1H3/b20-14+. The summed E-state index contributed by atoms with van der Waals surface area (Å²) in [7, 11) is 0. The second-order valence-electron chi connectivity index (χ2n) is 5.50. The second kappa shape index (κ2) is 6.64. The molecule has 0 spiro atoms. The van der Waals surface area contributed by atoms with Gasteiger partial charge >= 0.3 is 0 Å². The SMILES string of the molecule is CC/C(CCN)=C1/c2ccccc2C=C(Br)c2ccccc21. The molecule has 0 amide bonds. The molecule has 0 radical (unpaired) electrons. The van der Waals surface area contributed by atoms with Gasteiger partial charge in [-0.2, -0.15) is 0 Å². The summed E-state index contributed by atoms with van der Waals surface area (Å²) in [6.45, 7) is 2.90. The van der Waals surface area contributed by atoms with Crippen LogP contribution >= 0.6 is 15.9 Å². The summed E-state index contributed by atoms with van der Waals surface area (Å²) in [5, 5.41) is 0. The Kier molecular flexibility index (Phi) is 4.60. The molecule has 3 rings (SSSR count). The minimum atomic E-state index is 0.686. The number of nitrogens with two attached hydrogens (primary N) is 1. The predicted octanol–water partition coefficient (Wildman–Crippen LogP) is 5.45. The Bertz CT molecular complexity index is 756. The first kappa shape index (κ1) is 15.3. The van der Waals surface area contributed by atoms with Gasteiger partial charge in [0.1, 0.15) is 0 Å². The zero-order chi connectivity index (χ0) is 15.5. The van der Waals surface area contributed by atoms with Gasteiger partial charge in [-0.3, -0.25) is 0 Å². The van der Waals surface area contributed by atoms with E-state index in [2.05, 4.69) is 77.5 Å². The maximum Gasteiger partial charge on any atom is 0.0260 e. The lowest BCUT2D eigenvalue weighted by molar-refractivity contribution is 0.897. The second-order valence-corrected chi connectivity index (χ2v) is 6.35. The summed E-state index contributed by atoms with van der Waals surface area (Å²) in [5.74, 6) is 0. The largest absolute Gasteiger partial charge is 0.330 e. The summed E-state index contributed by atoms with van der Waals surface area (Å²) in [6.07, 6.45) is 4.18. The average molecular weight is 354 g/mol. The fraction of sp³-hybridized carbons (Fsp3) is 0.200. The Morgan fingerprint density at radius 2 is 1.59 bits per heavy atom. The molecule has 0 heterocycles. The van der Waals surface area contributed by atoms with E-state index in [0.717, 1.165) is 17.3 Å². The lowest BCUT2D eigenvalue weighted by atomic mass is 9.87. The van der Waals surface area contributed by atoms with Crippen molar-refractivity contribution in [1.29, 1.82) is 0 Å². The summed E-state index contributed by atoms with van der Waals surface area (Å²) < 4.78 is 1.13. The molecule has 0 atom stereocenters. The highest BCUT2D eigenvalue weighted by Crippen LogP contribution is 2.41. The quantitative estimate of drug-likeness (QED) is 0.779. The van der Waals surface area contributed by atoms with Crippen molar-refractivity contribution in [1.82, 2.24) is 0 Å². The van der Waals surface area contributed by atoms with E-state index in [4.69, 9.17) is 5.73 Å². The third kappa shape index (κ3) is 2.69. The molecule has 2 N–H and O–H groups in total. The van der Waals surface area contributed by atoms with Crippen LogP contribution in [0, 0.1) is 0 Å². The first-order valence-corrected chi connectivity index (χ1v) is 8.54. The van der Waals surface area contributed by atoms with Gasteiger partial charge in [-0.1, -0.05) is 77.0 Å². The first-order valence-electron chi connectivity index (χ1n) is 7.74. The van der Waals surface area contributed by atoms with E-state index in [1.807, 2.05) is 0 Å². The molecule has 1 nitrogen and oxygen atoms in total. The maximum absolute atomic E-state index is 5.86. The van der Waals surface area contributed by atoms with Gasteiger partial charge in [0, 0.05) is 4.48 Å². The molecular weight excluding hydrogens is 334 g/mol. The molecule has 0 bridgehead atoms. The monoisotopic (exact) mass is 353 g/mol. The summed E-state index contributed by atoms with van der Waals surface area (Å²) in [5.41, 5.74) is 13.7. The predicted molar refractivity (Wildman–Crippen MR) is 99.7 cm³/mol. The number of benzene rings is 2. The van der Waals surface area contributed by atoms with Crippen LogP contribution in [0.2, 0.25) is 0 Å². The van der Waals surface area contributed by atoms with Gasteiger partial charge < -0.3 is 5.73 Å². The minimum Gasteiger partial charge on any atom is -0.330 e. The van der Waals surface area contributed by atoms with Crippen molar-refractivity contribution in [3.8, 4) is 0 Å². The highest BCUT2D eigenvalue weighted by Gasteiger charge is 2.20. The Hall–Kier alpha value is -1.64. The van der Waals surface area contributed by atoms with Crippen molar-refractivity contribution in [2.24, 2.45) is 5.73 Å². The molecule has 1 aliphatic rings. The van der Waals surface area contributed by atoms with Crippen LogP contribution < -0.4 is 5.73 Å². The van der Waals surface area contributed by atoms with Crippen molar-refractivity contribution in [2.75, 3.05) is 6.54 Å². The molecular formula is C20H20BrN. The lowest BCUT2D eigenvalue weighted by Crippen LogP contribution is -2.04. The minimum absolute atomic E-state index is 0.686. The molecule has 22 heavy (non-hydrogen) atoms. The molecule has 0 saturated carbocycles. The summed E-state index contributed by atoms with van der Waals surface area (Å²) in [4.78, 5) is 0. The van der Waals surface area contributed by atoms with Crippen LogP contribution in [0.4, 0.5) is 0 Å². The van der Waals surface area contributed by atoms with E-state index in [9.17, 15) is 0 Å². The van der Waals surface area contributed by atoms with Crippen LogP contribution in [0.5, 0.6) is 0 Å². The van der Waals surface area contributed by atoms with Gasteiger partial charge in [0.2, 0.25) is 0 Å². The molecule has 0 saturated heterocycles. The van der Waals surface area contributed by atoms with Gasteiger partial charge in [0.25, 0.3) is 0 Å². The van der Waals surface area contributed by atoms with Crippen molar-refractivity contribution < 1.29 is 0 Å². The Morgan fingerprint density at radius 1 is 0.955 bits per heavy atom. The number of halogens is 1. The normalized spacial score (nSPS) is 15.5. The molecule has 2 aromatic carbocycles. The Labute approximate surface area is 140 Å². The van der Waals surface area contributed by atoms with Crippen molar-refractivity contribution in [3.63, 3.8) is 0 Å². The highest BCUT2D eigenvalue weighted by atomic mass is 79.9. The molecule has 2 heteroatoms. The summed E-state index contributed by atoms with van der Waals surface area (Å²) in [6, 6.07) is 17.2. The number of fused-ring (bicyclic) bond motifs is 2. The lowest BCUT2D eigenvalue weighted by Gasteiger charge is -2.17. The van der Waals surface area contributed by atoms with Crippen LogP contribution in [0.25, 0.3) is 16.1 Å². The van der Waals surface area contributed by atoms with Gasteiger partial charge in [-0.25, -0.2) is 0 Å². The first-order chi connectivity index (χ1) is 10.8. The molecule has 0 aromatic heterocycles. The van der Waals surface area contributed by atoms with E-state index in [1.165, 1.54) is 33.4 Å². The third-order valence-corrected chi connectivity index (χ3v) is 4.85. The van der Waals surface area contributed by atoms with Crippen LogP contribution in [0.3, 0.4) is 0 Å². The fourth-order valence-corrected chi connectivity index (χ4v) is 3.75. The van der Waals surface area contributed by atoms with Crippen molar-refractivity contribution >= 4 is 32.1 Å². The van der Waals surface area contributed by atoms with E-state index < -0.39 is 0 Å². The van der Waals surface area contributed by atoms with Crippen LogP contribution in [-0.4, -0.2) is 6.54 Å². The average Bonchev–Trinajstić information content (AvgIpc) is 2.67. The topological polar surface area (TPSA) is 26.0 Å². The third-order valence-electron chi connectivity index (χ3n) is 4.19. The van der Waals surface area contributed by atoms with Gasteiger partial charge in [0.15, 0.2) is 0 Å². The van der Waals surface area contributed by atoms with Gasteiger partial charge in [0.05, 0.1) is 0 Å². The smallest absolute Gasteiger partial charge is 0.0260 e. The van der Waals surface area contributed by atoms with E-state index in [-0.39, 0.29) is 0 Å². The fourth-order valence-electron chi connectivity index (χ4n) is 3.15. The molecule has 0 unspecified atom stereocenters. The molecule has 0 fully saturated rings. The van der Waals surface area contributed by atoms with Crippen LogP contribution in [0.1, 0.15) is 42.0 Å². The number of hydrogen-bond donors (Lipinski definition) is 1. The van der Waals surface area contributed by atoms with Crippen molar-refractivity contribution in [2.45, 2.75) is 19.8 Å². The van der Waals surface area contributed by atoms with Crippen LogP contribution in [0.15, 0.2) is 54.1 Å². The molecule has 2 aromatic rings. The zero-order valence-electron chi connectivity index (χ0n) is 12.8. The molecule has 0 aliphatic heterocycles. The Balaban J connectivity index is 2.38. The number of rotatable bonds is 3. The maximum atomic E-state index is 5.86. The van der Waals surface area contributed by atoms with E-state index in [1.54, 1.807) is 0 Å². The highest BCUT2D eigenvalue weighted by molar-refractivity contribution is 9.15. The van der Waals surface area contributed by atoms with E-state index in [0.29, 0.717) is 6.54 Å². The number of hydrogen-bond acceptors (Lipinski definition) is 1. The molecule has 112 valence electrons. The van der Waals surface area contributed by atoms with Gasteiger partial charge in [-0.15, -0.1) is 0 Å².